The summed E-state index contributed by atoms with van der Waals surface area (Å²) >= 11 is 0. The van der Waals surface area contributed by atoms with Crippen molar-refractivity contribution in [3.63, 3.8) is 0 Å². The maximum Gasteiger partial charge on any atom is 0.226 e. The molecule has 0 saturated heterocycles. The second-order valence-electron chi connectivity index (χ2n) is 4.96. The summed E-state index contributed by atoms with van der Waals surface area (Å²) in [5.41, 5.74) is 1.60. The molecule has 118 valence electrons. The van der Waals surface area contributed by atoms with Crippen LogP contribution in [0.2, 0.25) is 0 Å². The van der Waals surface area contributed by atoms with Gasteiger partial charge in [-0.2, -0.15) is 0 Å². The SMILES string of the molecule is O=C(CCCn1cnnn1)NCc1coc(-c2ccccc2)n1. The van der Waals surface area contributed by atoms with Gasteiger partial charge < -0.3 is 9.73 Å². The zero-order valence-corrected chi connectivity index (χ0v) is 12.4. The molecule has 2 heterocycles. The molecular formula is C15H16N6O2. The molecule has 0 spiro atoms. The first-order chi connectivity index (χ1) is 11.3. The fourth-order valence-electron chi connectivity index (χ4n) is 2.06. The average Bonchev–Trinajstić information content (AvgIpc) is 3.25. The lowest BCUT2D eigenvalue weighted by molar-refractivity contribution is -0.121. The topological polar surface area (TPSA) is 98.7 Å². The number of hydrogen-bond donors (Lipinski definition) is 1. The molecular weight excluding hydrogens is 296 g/mol. The molecule has 0 radical (unpaired) electrons. The van der Waals surface area contributed by atoms with Crippen molar-refractivity contribution in [1.29, 1.82) is 0 Å². The Bertz CT molecular complexity index is 738. The summed E-state index contributed by atoms with van der Waals surface area (Å²) in [6, 6.07) is 9.63. The smallest absolute Gasteiger partial charge is 0.226 e. The van der Waals surface area contributed by atoms with Crippen molar-refractivity contribution in [3.05, 3.63) is 48.6 Å². The molecule has 8 nitrogen and oxygen atoms in total. The highest BCUT2D eigenvalue weighted by molar-refractivity contribution is 5.75. The van der Waals surface area contributed by atoms with Gasteiger partial charge in [0.1, 0.15) is 12.6 Å². The third-order valence-corrected chi connectivity index (χ3v) is 3.22. The number of aromatic nitrogens is 5. The molecule has 1 amide bonds. The minimum Gasteiger partial charge on any atom is -0.444 e. The van der Waals surface area contributed by atoms with E-state index in [1.54, 1.807) is 10.9 Å². The Hall–Kier alpha value is -3.03. The van der Waals surface area contributed by atoms with Crippen LogP contribution >= 0.6 is 0 Å². The number of hydrogen-bond acceptors (Lipinski definition) is 6. The Morgan fingerprint density at radius 2 is 2.13 bits per heavy atom. The van der Waals surface area contributed by atoms with Crippen molar-refractivity contribution in [2.45, 2.75) is 25.9 Å². The van der Waals surface area contributed by atoms with Crippen molar-refractivity contribution in [2.75, 3.05) is 0 Å². The summed E-state index contributed by atoms with van der Waals surface area (Å²) < 4.78 is 7.02. The molecule has 0 bridgehead atoms. The standard InChI is InChI=1S/C15H16N6O2/c22-14(7-4-8-21-11-17-19-20-21)16-9-13-10-23-15(18-13)12-5-2-1-3-6-12/h1-3,5-6,10-11H,4,7-9H2,(H,16,22). The van der Waals surface area contributed by atoms with E-state index in [-0.39, 0.29) is 5.91 Å². The van der Waals surface area contributed by atoms with E-state index in [2.05, 4.69) is 25.8 Å². The van der Waals surface area contributed by atoms with E-state index in [0.717, 1.165) is 5.56 Å². The first-order valence-electron chi connectivity index (χ1n) is 7.28. The van der Waals surface area contributed by atoms with Crippen LogP contribution in [-0.4, -0.2) is 31.1 Å². The van der Waals surface area contributed by atoms with Gasteiger partial charge in [-0.3, -0.25) is 4.79 Å². The minimum absolute atomic E-state index is 0.0395. The number of carbonyl (C=O) groups excluding carboxylic acids is 1. The van der Waals surface area contributed by atoms with Crippen molar-refractivity contribution in [3.8, 4) is 11.5 Å². The highest BCUT2D eigenvalue weighted by Gasteiger charge is 2.08. The molecule has 0 aliphatic rings. The summed E-state index contributed by atoms with van der Waals surface area (Å²) in [5, 5.41) is 13.6. The fourth-order valence-corrected chi connectivity index (χ4v) is 2.06. The van der Waals surface area contributed by atoms with Gasteiger partial charge in [0.25, 0.3) is 0 Å². The monoisotopic (exact) mass is 312 g/mol. The van der Waals surface area contributed by atoms with Crippen LogP contribution in [0.1, 0.15) is 18.5 Å². The van der Waals surface area contributed by atoms with Gasteiger partial charge in [0.15, 0.2) is 0 Å². The van der Waals surface area contributed by atoms with Crippen LogP contribution in [-0.2, 0) is 17.9 Å². The molecule has 3 aromatic rings. The van der Waals surface area contributed by atoms with E-state index in [1.807, 2.05) is 30.3 Å². The maximum absolute atomic E-state index is 11.8. The minimum atomic E-state index is -0.0395. The van der Waals surface area contributed by atoms with Gasteiger partial charge in [0.05, 0.1) is 12.2 Å². The second-order valence-corrected chi connectivity index (χ2v) is 4.96. The third-order valence-electron chi connectivity index (χ3n) is 3.22. The Kier molecular flexibility index (Phi) is 4.72. The van der Waals surface area contributed by atoms with E-state index in [0.29, 0.717) is 37.5 Å². The van der Waals surface area contributed by atoms with Crippen LogP contribution in [0.4, 0.5) is 0 Å². The van der Waals surface area contributed by atoms with Crippen LogP contribution in [0.25, 0.3) is 11.5 Å². The number of oxazole rings is 1. The summed E-state index contributed by atoms with van der Waals surface area (Å²) in [5.74, 6) is 0.510. The van der Waals surface area contributed by atoms with E-state index >= 15 is 0 Å². The Labute approximate surface area is 132 Å². The normalized spacial score (nSPS) is 10.6. The maximum atomic E-state index is 11.8. The van der Waals surface area contributed by atoms with Gasteiger partial charge in [0, 0.05) is 18.5 Å². The third kappa shape index (κ3) is 4.22. The molecule has 1 aromatic carbocycles. The van der Waals surface area contributed by atoms with Gasteiger partial charge in [-0.15, -0.1) is 5.10 Å². The lowest BCUT2D eigenvalue weighted by Crippen LogP contribution is -2.23. The average molecular weight is 312 g/mol. The number of tetrazole rings is 1. The van der Waals surface area contributed by atoms with E-state index in [1.165, 1.54) is 6.33 Å². The molecule has 0 unspecified atom stereocenters. The first kappa shape index (κ1) is 14.9. The van der Waals surface area contributed by atoms with Crippen LogP contribution in [0, 0.1) is 0 Å². The van der Waals surface area contributed by atoms with Crippen molar-refractivity contribution in [2.24, 2.45) is 0 Å². The Morgan fingerprint density at radius 1 is 1.26 bits per heavy atom. The van der Waals surface area contributed by atoms with Gasteiger partial charge >= 0.3 is 0 Å². The van der Waals surface area contributed by atoms with Crippen LogP contribution < -0.4 is 5.32 Å². The molecule has 1 N–H and O–H groups in total. The zero-order valence-electron chi connectivity index (χ0n) is 12.4. The van der Waals surface area contributed by atoms with Crippen LogP contribution in [0.3, 0.4) is 0 Å². The number of rotatable bonds is 7. The van der Waals surface area contributed by atoms with Crippen LogP contribution in [0.5, 0.6) is 0 Å². The molecule has 0 fully saturated rings. The molecule has 8 heteroatoms. The molecule has 0 atom stereocenters. The van der Waals surface area contributed by atoms with Crippen molar-refractivity contribution >= 4 is 5.91 Å². The van der Waals surface area contributed by atoms with Crippen molar-refractivity contribution < 1.29 is 9.21 Å². The number of amides is 1. The summed E-state index contributed by atoms with van der Waals surface area (Å²) in [7, 11) is 0. The molecule has 3 rings (SSSR count). The quantitative estimate of drug-likeness (QED) is 0.708. The molecule has 2 aromatic heterocycles. The fraction of sp³-hybridized carbons (Fsp3) is 0.267. The number of nitrogens with zero attached hydrogens (tertiary/aromatic N) is 5. The van der Waals surface area contributed by atoms with Gasteiger partial charge in [-0.25, -0.2) is 9.67 Å². The first-order valence-corrected chi connectivity index (χ1v) is 7.28. The predicted octanol–water partition coefficient (Wildman–Crippen LogP) is 1.42. The molecule has 23 heavy (non-hydrogen) atoms. The van der Waals surface area contributed by atoms with E-state index < -0.39 is 0 Å². The van der Waals surface area contributed by atoms with Gasteiger partial charge in [0.2, 0.25) is 11.8 Å². The number of carbonyl (C=O) groups is 1. The number of aryl methyl sites for hydroxylation is 1. The number of benzene rings is 1. The Morgan fingerprint density at radius 3 is 2.91 bits per heavy atom. The molecule has 0 aliphatic heterocycles. The lowest BCUT2D eigenvalue weighted by Gasteiger charge is -2.02. The predicted molar refractivity (Wildman–Crippen MR) is 80.8 cm³/mol. The molecule has 0 aliphatic carbocycles. The van der Waals surface area contributed by atoms with Gasteiger partial charge in [-0.05, 0) is 29.0 Å². The highest BCUT2D eigenvalue weighted by Crippen LogP contribution is 2.17. The van der Waals surface area contributed by atoms with Crippen molar-refractivity contribution in [1.82, 2.24) is 30.5 Å². The number of nitrogens with one attached hydrogen (secondary N) is 1. The highest BCUT2D eigenvalue weighted by atomic mass is 16.3. The van der Waals surface area contributed by atoms with E-state index in [9.17, 15) is 4.79 Å². The van der Waals surface area contributed by atoms with Gasteiger partial charge in [-0.1, -0.05) is 18.2 Å². The summed E-state index contributed by atoms with van der Waals surface area (Å²) in [6.07, 6.45) is 4.16. The summed E-state index contributed by atoms with van der Waals surface area (Å²) in [4.78, 5) is 16.2. The second kappa shape index (κ2) is 7.30. The van der Waals surface area contributed by atoms with E-state index in [4.69, 9.17) is 4.42 Å². The summed E-state index contributed by atoms with van der Waals surface area (Å²) in [6.45, 7) is 0.961. The Balaban J connectivity index is 1.43. The molecule has 0 saturated carbocycles. The van der Waals surface area contributed by atoms with Crippen LogP contribution in [0.15, 0.2) is 47.3 Å². The zero-order chi connectivity index (χ0) is 15.9. The largest absolute Gasteiger partial charge is 0.444 e. The lowest BCUT2D eigenvalue weighted by atomic mass is 10.2.